The molecule has 3 rings (SSSR count). The topological polar surface area (TPSA) is 33.1 Å². The van der Waals surface area contributed by atoms with Crippen LogP contribution in [0.2, 0.25) is 0 Å². The number of aryl methyl sites for hydroxylation is 1. The van der Waals surface area contributed by atoms with Gasteiger partial charge >= 0.3 is 0 Å². The number of nitrogens with one attached hydrogen (secondary N) is 1. The molecule has 1 aromatic carbocycles. The van der Waals surface area contributed by atoms with Crippen LogP contribution in [0.25, 0.3) is 0 Å². The van der Waals surface area contributed by atoms with Crippen molar-refractivity contribution < 1.29 is 0 Å². The van der Waals surface area contributed by atoms with Gasteiger partial charge in [0.25, 0.3) is 0 Å². The number of benzene rings is 1. The fourth-order valence-corrected chi connectivity index (χ4v) is 2.89. The smallest absolute Gasteiger partial charge is 0.0522 e. The minimum atomic E-state index is 0.488. The Morgan fingerprint density at radius 2 is 2.15 bits per heavy atom. The van der Waals surface area contributed by atoms with E-state index < -0.39 is 0 Å². The normalized spacial score (nSPS) is 20.1. The van der Waals surface area contributed by atoms with Crippen molar-refractivity contribution >= 4 is 0 Å². The Labute approximate surface area is 120 Å². The standard InChI is InChI=1S/C16H22N4/c1-19-13-14(11-18-19)7-9-20-10-8-17-12-16(20)15-5-3-2-4-6-15/h2-6,11,13,16-17H,7-10,12H2,1H3. The van der Waals surface area contributed by atoms with E-state index in [0.29, 0.717) is 6.04 Å². The summed E-state index contributed by atoms with van der Waals surface area (Å²) in [6.45, 7) is 4.32. The maximum atomic E-state index is 4.24. The fraction of sp³-hybridized carbons (Fsp3) is 0.438. The summed E-state index contributed by atoms with van der Waals surface area (Å²) in [4.78, 5) is 2.58. The molecule has 4 heteroatoms. The van der Waals surface area contributed by atoms with Crippen molar-refractivity contribution in [2.45, 2.75) is 12.5 Å². The van der Waals surface area contributed by atoms with E-state index in [1.807, 2.05) is 17.9 Å². The first-order valence-corrected chi connectivity index (χ1v) is 7.30. The first-order valence-electron chi connectivity index (χ1n) is 7.30. The Kier molecular flexibility index (Phi) is 4.14. The Morgan fingerprint density at radius 3 is 2.90 bits per heavy atom. The Bertz CT molecular complexity index is 534. The molecule has 2 aromatic rings. The maximum Gasteiger partial charge on any atom is 0.0522 e. The summed E-state index contributed by atoms with van der Waals surface area (Å²) in [5.74, 6) is 0. The van der Waals surface area contributed by atoms with Gasteiger partial charge < -0.3 is 5.32 Å². The van der Waals surface area contributed by atoms with E-state index in [9.17, 15) is 0 Å². The molecule has 1 aliphatic rings. The van der Waals surface area contributed by atoms with Crippen LogP contribution in [-0.2, 0) is 13.5 Å². The first kappa shape index (κ1) is 13.3. The molecule has 1 aliphatic heterocycles. The fourth-order valence-electron chi connectivity index (χ4n) is 2.89. The van der Waals surface area contributed by atoms with Gasteiger partial charge in [0, 0.05) is 45.5 Å². The number of nitrogens with zero attached hydrogens (tertiary/aromatic N) is 3. The van der Waals surface area contributed by atoms with Crippen molar-refractivity contribution in [3.8, 4) is 0 Å². The average Bonchev–Trinajstić information content (AvgIpc) is 2.92. The molecule has 1 saturated heterocycles. The van der Waals surface area contributed by atoms with Crippen LogP contribution in [0.15, 0.2) is 42.7 Å². The highest BCUT2D eigenvalue weighted by Crippen LogP contribution is 2.22. The van der Waals surface area contributed by atoms with Gasteiger partial charge in [0.15, 0.2) is 0 Å². The van der Waals surface area contributed by atoms with Crippen molar-refractivity contribution in [3.05, 3.63) is 53.9 Å². The van der Waals surface area contributed by atoms with Crippen LogP contribution in [0.4, 0.5) is 0 Å². The largest absolute Gasteiger partial charge is 0.314 e. The third-order valence-electron chi connectivity index (χ3n) is 3.98. The second-order valence-corrected chi connectivity index (χ2v) is 5.44. The van der Waals surface area contributed by atoms with Gasteiger partial charge in [-0.25, -0.2) is 0 Å². The van der Waals surface area contributed by atoms with Gasteiger partial charge in [-0.3, -0.25) is 9.58 Å². The molecule has 20 heavy (non-hydrogen) atoms. The van der Waals surface area contributed by atoms with Gasteiger partial charge in [-0.1, -0.05) is 30.3 Å². The lowest BCUT2D eigenvalue weighted by atomic mass is 10.0. The quantitative estimate of drug-likeness (QED) is 0.916. The average molecular weight is 270 g/mol. The highest BCUT2D eigenvalue weighted by atomic mass is 15.2. The molecule has 1 fully saturated rings. The number of hydrogen-bond acceptors (Lipinski definition) is 3. The molecule has 4 nitrogen and oxygen atoms in total. The maximum absolute atomic E-state index is 4.24. The van der Waals surface area contributed by atoms with Gasteiger partial charge in [0.1, 0.15) is 0 Å². The molecule has 0 spiro atoms. The van der Waals surface area contributed by atoms with Crippen molar-refractivity contribution in [3.63, 3.8) is 0 Å². The number of hydrogen-bond donors (Lipinski definition) is 1. The predicted molar refractivity (Wildman–Crippen MR) is 80.5 cm³/mol. The second-order valence-electron chi connectivity index (χ2n) is 5.44. The number of rotatable bonds is 4. The molecule has 0 bridgehead atoms. The molecule has 1 N–H and O–H groups in total. The van der Waals surface area contributed by atoms with Crippen LogP contribution in [0.5, 0.6) is 0 Å². The minimum Gasteiger partial charge on any atom is -0.314 e. The van der Waals surface area contributed by atoms with Crippen molar-refractivity contribution in [1.29, 1.82) is 0 Å². The summed E-state index contributed by atoms with van der Waals surface area (Å²) < 4.78 is 1.88. The van der Waals surface area contributed by atoms with E-state index in [1.165, 1.54) is 11.1 Å². The molecule has 1 unspecified atom stereocenters. The molecular formula is C16H22N4. The van der Waals surface area contributed by atoms with Crippen LogP contribution >= 0.6 is 0 Å². The van der Waals surface area contributed by atoms with Gasteiger partial charge in [0.05, 0.1) is 6.20 Å². The summed E-state index contributed by atoms with van der Waals surface area (Å²) >= 11 is 0. The van der Waals surface area contributed by atoms with Crippen LogP contribution < -0.4 is 5.32 Å². The lowest BCUT2D eigenvalue weighted by Crippen LogP contribution is -2.46. The summed E-state index contributed by atoms with van der Waals surface area (Å²) in [7, 11) is 1.97. The number of aromatic nitrogens is 2. The van der Waals surface area contributed by atoms with Crippen LogP contribution in [0.1, 0.15) is 17.2 Å². The van der Waals surface area contributed by atoms with E-state index in [4.69, 9.17) is 0 Å². The Morgan fingerprint density at radius 1 is 1.30 bits per heavy atom. The zero-order valence-electron chi connectivity index (χ0n) is 12.0. The highest BCUT2D eigenvalue weighted by Gasteiger charge is 2.23. The van der Waals surface area contributed by atoms with Crippen LogP contribution in [0.3, 0.4) is 0 Å². The molecular weight excluding hydrogens is 248 g/mol. The highest BCUT2D eigenvalue weighted by molar-refractivity contribution is 5.20. The molecule has 0 aliphatic carbocycles. The van der Waals surface area contributed by atoms with Gasteiger partial charge in [-0.15, -0.1) is 0 Å². The van der Waals surface area contributed by atoms with E-state index in [2.05, 4.69) is 51.8 Å². The third kappa shape index (κ3) is 3.08. The Balaban J connectivity index is 1.66. The number of piperazine rings is 1. The first-order chi connectivity index (χ1) is 9.83. The third-order valence-corrected chi connectivity index (χ3v) is 3.98. The van der Waals surface area contributed by atoms with Crippen LogP contribution in [0, 0.1) is 0 Å². The summed E-state index contributed by atoms with van der Waals surface area (Å²) in [5, 5.41) is 7.75. The lowest BCUT2D eigenvalue weighted by molar-refractivity contribution is 0.164. The SMILES string of the molecule is Cn1cc(CCN2CCNCC2c2ccccc2)cn1. The molecule has 1 aromatic heterocycles. The molecule has 106 valence electrons. The van der Waals surface area contributed by atoms with Gasteiger partial charge in [-0.05, 0) is 17.5 Å². The van der Waals surface area contributed by atoms with E-state index >= 15 is 0 Å². The summed E-state index contributed by atoms with van der Waals surface area (Å²) in [6.07, 6.45) is 5.15. The second kappa shape index (κ2) is 6.20. The van der Waals surface area contributed by atoms with Crippen molar-refractivity contribution in [1.82, 2.24) is 20.0 Å². The van der Waals surface area contributed by atoms with Crippen LogP contribution in [-0.4, -0.2) is 40.9 Å². The van der Waals surface area contributed by atoms with E-state index in [0.717, 1.165) is 32.6 Å². The summed E-state index contributed by atoms with van der Waals surface area (Å²) in [5.41, 5.74) is 2.73. The van der Waals surface area contributed by atoms with E-state index in [-0.39, 0.29) is 0 Å². The molecule has 0 amide bonds. The van der Waals surface area contributed by atoms with Gasteiger partial charge in [-0.2, -0.15) is 5.10 Å². The summed E-state index contributed by atoms with van der Waals surface area (Å²) in [6, 6.07) is 11.3. The molecule has 0 saturated carbocycles. The molecule has 2 heterocycles. The Hall–Kier alpha value is -1.65. The van der Waals surface area contributed by atoms with E-state index in [1.54, 1.807) is 0 Å². The lowest BCUT2D eigenvalue weighted by Gasteiger charge is -2.36. The predicted octanol–water partition coefficient (Wildman–Crippen LogP) is 1.61. The molecule has 0 radical (unpaired) electrons. The molecule has 1 atom stereocenters. The van der Waals surface area contributed by atoms with Gasteiger partial charge in [0.2, 0.25) is 0 Å². The van der Waals surface area contributed by atoms with Crippen molar-refractivity contribution in [2.24, 2.45) is 7.05 Å². The zero-order chi connectivity index (χ0) is 13.8. The zero-order valence-corrected chi connectivity index (χ0v) is 12.0. The minimum absolute atomic E-state index is 0.488. The van der Waals surface area contributed by atoms with Crippen molar-refractivity contribution in [2.75, 3.05) is 26.2 Å². The monoisotopic (exact) mass is 270 g/mol.